The number of furan rings is 1. The molecule has 0 aromatic carbocycles. The largest absolute Gasteiger partial charge is 0.459 e. The highest BCUT2D eigenvalue weighted by Crippen LogP contribution is 2.32. The van der Waals surface area contributed by atoms with E-state index >= 15 is 0 Å². The van der Waals surface area contributed by atoms with Crippen molar-refractivity contribution in [2.24, 2.45) is 5.92 Å². The van der Waals surface area contributed by atoms with Crippen LogP contribution in [-0.4, -0.2) is 21.7 Å². The first-order chi connectivity index (χ1) is 9.63. The van der Waals surface area contributed by atoms with E-state index < -0.39 is 5.76 Å². The Morgan fingerprint density at radius 3 is 3.05 bits per heavy atom. The Morgan fingerprint density at radius 1 is 1.60 bits per heavy atom. The lowest BCUT2D eigenvalue weighted by Crippen LogP contribution is -2.38. The van der Waals surface area contributed by atoms with Crippen LogP contribution >= 0.6 is 0 Å². The number of carbonyl (C=O) groups is 1. The first-order valence-electron chi connectivity index (χ1n) is 6.54. The summed E-state index contributed by atoms with van der Waals surface area (Å²) in [5.74, 6) is 0.0683. The average Bonchev–Trinajstić information content (AvgIpc) is 3.00. The molecule has 0 radical (unpaired) electrons. The van der Waals surface area contributed by atoms with Crippen LogP contribution in [-0.2, 0) is 11.3 Å². The Labute approximate surface area is 114 Å². The molecular formula is C13H15N3O4. The molecule has 0 bridgehead atoms. The molecule has 3 rings (SSSR count). The Hall–Kier alpha value is -2.31. The van der Waals surface area contributed by atoms with Gasteiger partial charge < -0.3 is 14.2 Å². The van der Waals surface area contributed by atoms with E-state index in [4.69, 9.17) is 8.83 Å². The molecule has 0 aliphatic heterocycles. The minimum absolute atomic E-state index is 0.0723. The molecule has 0 saturated heterocycles. The fourth-order valence-corrected chi connectivity index (χ4v) is 2.06. The summed E-state index contributed by atoms with van der Waals surface area (Å²) in [6.45, 7) is 1.81. The molecule has 20 heavy (non-hydrogen) atoms. The van der Waals surface area contributed by atoms with E-state index in [1.807, 2.05) is 6.92 Å². The molecule has 1 amide bonds. The van der Waals surface area contributed by atoms with Crippen LogP contribution in [0.3, 0.4) is 0 Å². The van der Waals surface area contributed by atoms with Gasteiger partial charge in [0.15, 0.2) is 5.76 Å². The Morgan fingerprint density at radius 2 is 2.40 bits per heavy atom. The monoisotopic (exact) mass is 277 g/mol. The molecule has 1 aliphatic rings. The highest BCUT2D eigenvalue weighted by molar-refractivity contribution is 5.76. The number of amides is 1. The van der Waals surface area contributed by atoms with Crippen molar-refractivity contribution in [3.63, 3.8) is 0 Å². The molecule has 1 aliphatic carbocycles. The summed E-state index contributed by atoms with van der Waals surface area (Å²) in [5.41, 5.74) is 0. The maximum atomic E-state index is 11.8. The molecule has 2 aromatic rings. The van der Waals surface area contributed by atoms with Crippen molar-refractivity contribution in [3.8, 4) is 11.7 Å². The summed E-state index contributed by atoms with van der Waals surface area (Å²) in [5, 5.41) is 6.80. The standard InChI is InChI=1S/C13H15N3O4/c1-8(9-4-5-9)14-11(17)7-16-13(18)20-12(15-16)10-3-2-6-19-10/h2-3,6,8-9H,4-5,7H2,1H3,(H,14,17). The molecule has 1 saturated carbocycles. The second-order valence-corrected chi connectivity index (χ2v) is 5.00. The van der Waals surface area contributed by atoms with Gasteiger partial charge >= 0.3 is 5.76 Å². The summed E-state index contributed by atoms with van der Waals surface area (Å²) >= 11 is 0. The smallest absolute Gasteiger partial charge is 0.437 e. The first kappa shape index (κ1) is 12.7. The van der Waals surface area contributed by atoms with E-state index in [2.05, 4.69) is 10.4 Å². The van der Waals surface area contributed by atoms with E-state index in [1.54, 1.807) is 12.1 Å². The number of nitrogens with zero attached hydrogens (tertiary/aromatic N) is 2. The van der Waals surface area contributed by atoms with Crippen LogP contribution in [0.25, 0.3) is 11.7 Å². The van der Waals surface area contributed by atoms with Gasteiger partial charge in [-0.3, -0.25) is 4.79 Å². The normalized spacial score (nSPS) is 16.1. The second kappa shape index (κ2) is 4.99. The number of hydrogen-bond donors (Lipinski definition) is 1. The topological polar surface area (TPSA) is 90.3 Å². The van der Waals surface area contributed by atoms with Gasteiger partial charge in [-0.25, -0.2) is 4.79 Å². The number of aromatic nitrogens is 2. The van der Waals surface area contributed by atoms with Gasteiger partial charge in [0, 0.05) is 6.04 Å². The summed E-state index contributed by atoms with van der Waals surface area (Å²) in [4.78, 5) is 23.4. The quantitative estimate of drug-likeness (QED) is 0.880. The zero-order valence-corrected chi connectivity index (χ0v) is 11.0. The molecular weight excluding hydrogens is 262 g/mol. The third kappa shape index (κ3) is 2.66. The zero-order valence-electron chi connectivity index (χ0n) is 11.0. The molecule has 2 heterocycles. The number of carbonyl (C=O) groups excluding carboxylic acids is 1. The van der Waals surface area contributed by atoms with Crippen molar-refractivity contribution in [2.45, 2.75) is 32.4 Å². The van der Waals surface area contributed by atoms with Crippen LogP contribution in [0.2, 0.25) is 0 Å². The Kier molecular flexibility index (Phi) is 3.17. The van der Waals surface area contributed by atoms with Crippen LogP contribution in [0.15, 0.2) is 32.0 Å². The molecule has 0 spiro atoms. The van der Waals surface area contributed by atoms with E-state index in [0.29, 0.717) is 11.7 Å². The summed E-state index contributed by atoms with van der Waals surface area (Å²) in [6.07, 6.45) is 3.75. The minimum atomic E-state index is -0.675. The van der Waals surface area contributed by atoms with Gasteiger partial charge in [-0.2, -0.15) is 4.68 Å². The van der Waals surface area contributed by atoms with Crippen molar-refractivity contribution >= 4 is 5.91 Å². The Bertz CT molecular complexity index is 651. The molecule has 1 unspecified atom stereocenters. The fourth-order valence-electron chi connectivity index (χ4n) is 2.06. The molecule has 1 N–H and O–H groups in total. The lowest BCUT2D eigenvalue weighted by atomic mass is 10.2. The van der Waals surface area contributed by atoms with Crippen LogP contribution in [0, 0.1) is 5.92 Å². The number of rotatable bonds is 5. The van der Waals surface area contributed by atoms with Gasteiger partial charge in [-0.1, -0.05) is 0 Å². The summed E-state index contributed by atoms with van der Waals surface area (Å²) in [6, 6.07) is 3.43. The van der Waals surface area contributed by atoms with E-state index in [1.165, 1.54) is 6.26 Å². The lowest BCUT2D eigenvalue weighted by molar-refractivity contribution is -0.122. The maximum Gasteiger partial charge on any atom is 0.437 e. The van der Waals surface area contributed by atoms with Crippen LogP contribution < -0.4 is 11.1 Å². The Balaban J connectivity index is 1.68. The zero-order chi connectivity index (χ0) is 14.1. The van der Waals surface area contributed by atoms with Crippen LogP contribution in [0.1, 0.15) is 19.8 Å². The molecule has 2 aromatic heterocycles. The van der Waals surface area contributed by atoms with Gasteiger partial charge in [0.2, 0.25) is 5.91 Å². The van der Waals surface area contributed by atoms with Crippen LogP contribution in [0.4, 0.5) is 0 Å². The highest BCUT2D eigenvalue weighted by atomic mass is 16.4. The van der Waals surface area contributed by atoms with Gasteiger partial charge in [0.1, 0.15) is 6.54 Å². The van der Waals surface area contributed by atoms with Gasteiger partial charge in [0.25, 0.3) is 5.89 Å². The van der Waals surface area contributed by atoms with Gasteiger partial charge in [0.05, 0.1) is 6.26 Å². The molecule has 7 nitrogen and oxygen atoms in total. The third-order valence-electron chi connectivity index (χ3n) is 3.35. The van der Waals surface area contributed by atoms with Crippen molar-refractivity contribution < 1.29 is 13.6 Å². The van der Waals surface area contributed by atoms with Crippen molar-refractivity contribution in [2.75, 3.05) is 0 Å². The minimum Gasteiger partial charge on any atom is -0.459 e. The van der Waals surface area contributed by atoms with Crippen molar-refractivity contribution in [1.82, 2.24) is 15.1 Å². The van der Waals surface area contributed by atoms with E-state index in [9.17, 15) is 9.59 Å². The van der Waals surface area contributed by atoms with E-state index in [-0.39, 0.29) is 24.4 Å². The third-order valence-corrected chi connectivity index (χ3v) is 3.35. The number of nitrogens with one attached hydrogen (secondary N) is 1. The molecule has 106 valence electrons. The van der Waals surface area contributed by atoms with Gasteiger partial charge in [-0.15, -0.1) is 5.10 Å². The lowest BCUT2D eigenvalue weighted by Gasteiger charge is -2.11. The average molecular weight is 277 g/mol. The van der Waals surface area contributed by atoms with E-state index in [0.717, 1.165) is 17.5 Å². The molecule has 7 heteroatoms. The summed E-state index contributed by atoms with van der Waals surface area (Å²) < 4.78 is 11.0. The molecule has 1 atom stereocenters. The second-order valence-electron chi connectivity index (χ2n) is 5.00. The van der Waals surface area contributed by atoms with Crippen molar-refractivity contribution in [3.05, 3.63) is 28.9 Å². The maximum absolute atomic E-state index is 11.8. The predicted molar refractivity (Wildman–Crippen MR) is 68.8 cm³/mol. The highest BCUT2D eigenvalue weighted by Gasteiger charge is 2.29. The summed E-state index contributed by atoms with van der Waals surface area (Å²) in [7, 11) is 0. The molecule has 1 fully saturated rings. The van der Waals surface area contributed by atoms with Gasteiger partial charge in [-0.05, 0) is 37.8 Å². The number of hydrogen-bond acceptors (Lipinski definition) is 5. The first-order valence-corrected chi connectivity index (χ1v) is 6.54. The van der Waals surface area contributed by atoms with Crippen molar-refractivity contribution in [1.29, 1.82) is 0 Å². The SMILES string of the molecule is CC(NC(=O)Cn1nc(-c2ccco2)oc1=O)C1CC1. The van der Waals surface area contributed by atoms with Crippen LogP contribution in [0.5, 0.6) is 0 Å². The predicted octanol–water partition coefficient (Wildman–Crippen LogP) is 1.01. The fraction of sp³-hybridized carbons (Fsp3) is 0.462.